The average Bonchev–Trinajstić information content (AvgIpc) is 2.98. The molecule has 1 heterocycles. The van der Waals surface area contributed by atoms with Crippen LogP contribution >= 0.6 is 31.7 Å². The number of esters is 1. The summed E-state index contributed by atoms with van der Waals surface area (Å²) >= 11 is 6.92. The highest BCUT2D eigenvalue weighted by atomic mass is 32.2. The number of methoxy groups -OCH3 is 1. The lowest BCUT2D eigenvalue weighted by molar-refractivity contribution is -0.142. The summed E-state index contributed by atoms with van der Waals surface area (Å²) in [6.45, 7) is 7.65. The fourth-order valence-electron chi connectivity index (χ4n) is 2.56. The van der Waals surface area contributed by atoms with E-state index >= 15 is 0 Å². The SMILES string of the molecule is COC(=O)[C@H](C)N[P@](=O)(Oc1ccc(C)cc1)N1C(=S)SC[C@@H]1C(C)C. The molecule has 0 bridgehead atoms. The van der Waals surface area contributed by atoms with Crippen LogP contribution in [0.4, 0.5) is 0 Å². The smallest absolute Gasteiger partial charge is 0.421 e. The zero-order valence-corrected chi connectivity index (χ0v) is 18.1. The molecule has 0 saturated carbocycles. The molecule has 0 radical (unpaired) electrons. The summed E-state index contributed by atoms with van der Waals surface area (Å²) in [5.74, 6) is 0.877. The predicted octanol–water partition coefficient (Wildman–Crippen LogP) is 3.99. The van der Waals surface area contributed by atoms with Crippen LogP contribution in [-0.2, 0) is 14.1 Å². The molecule has 0 unspecified atom stereocenters. The first-order chi connectivity index (χ1) is 12.2. The van der Waals surface area contributed by atoms with Crippen molar-refractivity contribution in [2.24, 2.45) is 5.92 Å². The normalized spacial score (nSPS) is 20.8. The van der Waals surface area contributed by atoms with E-state index in [0.29, 0.717) is 10.1 Å². The summed E-state index contributed by atoms with van der Waals surface area (Å²) < 4.78 is 26.7. The van der Waals surface area contributed by atoms with Crippen LogP contribution in [0.25, 0.3) is 0 Å². The molecule has 1 N–H and O–H groups in total. The van der Waals surface area contributed by atoms with Gasteiger partial charge in [0, 0.05) is 5.75 Å². The van der Waals surface area contributed by atoms with E-state index in [4.69, 9.17) is 21.5 Å². The fraction of sp³-hybridized carbons (Fsp3) is 0.529. The van der Waals surface area contributed by atoms with Crippen molar-refractivity contribution in [1.82, 2.24) is 9.76 Å². The zero-order chi connectivity index (χ0) is 19.5. The third kappa shape index (κ3) is 4.80. The van der Waals surface area contributed by atoms with Crippen molar-refractivity contribution in [3.63, 3.8) is 0 Å². The van der Waals surface area contributed by atoms with Gasteiger partial charge < -0.3 is 9.26 Å². The monoisotopic (exact) mass is 416 g/mol. The van der Waals surface area contributed by atoms with Crippen LogP contribution in [0.15, 0.2) is 24.3 Å². The number of thiocarbonyl (C=S) groups is 1. The standard InChI is InChI=1S/C17H25N2O4PS2/c1-11(2)15-10-26-17(25)19(15)24(21,18-13(4)16(20)22-5)23-14-8-6-12(3)7-9-14/h6-9,11,13,15H,10H2,1-5H3,(H,18,21)/t13-,15+,24-/m0/s1. The molecule has 1 saturated heterocycles. The maximum atomic E-state index is 13.9. The summed E-state index contributed by atoms with van der Waals surface area (Å²) in [6.07, 6.45) is 0. The van der Waals surface area contributed by atoms with E-state index in [1.165, 1.54) is 18.9 Å². The molecule has 144 valence electrons. The highest BCUT2D eigenvalue weighted by molar-refractivity contribution is 8.23. The predicted molar refractivity (Wildman–Crippen MR) is 110 cm³/mol. The van der Waals surface area contributed by atoms with Crippen LogP contribution < -0.4 is 9.61 Å². The Hall–Kier alpha value is -1.08. The fourth-order valence-corrected chi connectivity index (χ4v) is 7.16. The number of thioether (sulfide) groups is 1. The quantitative estimate of drug-likeness (QED) is 0.407. The maximum Gasteiger partial charge on any atom is 0.421 e. The van der Waals surface area contributed by atoms with Crippen LogP contribution in [0.1, 0.15) is 26.3 Å². The van der Waals surface area contributed by atoms with Gasteiger partial charge in [0.15, 0.2) is 0 Å². The minimum atomic E-state index is -3.67. The molecule has 0 aliphatic carbocycles. The topological polar surface area (TPSA) is 67.9 Å². The Morgan fingerprint density at radius 1 is 1.35 bits per heavy atom. The number of carbonyl (C=O) groups excluding carboxylic acids is 1. The average molecular weight is 417 g/mol. The van der Waals surface area contributed by atoms with Crippen LogP contribution in [0.3, 0.4) is 0 Å². The van der Waals surface area contributed by atoms with Gasteiger partial charge in [0.1, 0.15) is 16.1 Å². The molecule has 3 atom stereocenters. The lowest BCUT2D eigenvalue weighted by Gasteiger charge is -2.35. The van der Waals surface area contributed by atoms with Gasteiger partial charge >= 0.3 is 13.6 Å². The van der Waals surface area contributed by atoms with Gasteiger partial charge in [-0.05, 0) is 31.9 Å². The van der Waals surface area contributed by atoms with Gasteiger partial charge in [-0.25, -0.2) is 9.65 Å². The first-order valence-electron chi connectivity index (χ1n) is 8.36. The molecule has 9 heteroatoms. The molecule has 6 nitrogen and oxygen atoms in total. The molecular weight excluding hydrogens is 391 g/mol. The van der Waals surface area contributed by atoms with Crippen LogP contribution in [0.5, 0.6) is 5.75 Å². The Morgan fingerprint density at radius 3 is 2.50 bits per heavy atom. The van der Waals surface area contributed by atoms with E-state index in [9.17, 15) is 9.36 Å². The summed E-state index contributed by atoms with van der Waals surface area (Å²) in [7, 11) is -2.38. The van der Waals surface area contributed by atoms with E-state index < -0.39 is 19.7 Å². The molecule has 0 amide bonds. The highest BCUT2D eigenvalue weighted by Gasteiger charge is 2.47. The lowest BCUT2D eigenvalue weighted by atomic mass is 10.1. The Morgan fingerprint density at radius 2 is 1.96 bits per heavy atom. The minimum absolute atomic E-state index is 0.0545. The van der Waals surface area contributed by atoms with Crippen molar-refractivity contribution in [2.75, 3.05) is 12.9 Å². The lowest BCUT2D eigenvalue weighted by Crippen LogP contribution is -2.44. The number of nitrogens with zero attached hydrogens (tertiary/aromatic N) is 1. The number of nitrogens with one attached hydrogen (secondary N) is 1. The van der Waals surface area contributed by atoms with E-state index in [0.717, 1.165) is 11.3 Å². The van der Waals surface area contributed by atoms with E-state index in [2.05, 4.69) is 5.09 Å². The molecule has 0 spiro atoms. The first kappa shape index (κ1) is 21.2. The molecule has 1 aliphatic heterocycles. The van der Waals surface area contributed by atoms with E-state index in [1.54, 1.807) is 23.7 Å². The third-order valence-electron chi connectivity index (χ3n) is 4.09. The second kappa shape index (κ2) is 8.74. The van der Waals surface area contributed by atoms with Gasteiger partial charge in [0.05, 0.1) is 13.2 Å². The van der Waals surface area contributed by atoms with Crippen molar-refractivity contribution < 1.29 is 18.6 Å². The summed E-state index contributed by atoms with van der Waals surface area (Å²) in [5.41, 5.74) is 1.07. The Labute approximate surface area is 164 Å². The number of benzene rings is 1. The van der Waals surface area contributed by atoms with Gasteiger partial charge in [0.25, 0.3) is 0 Å². The van der Waals surface area contributed by atoms with Gasteiger partial charge in [-0.3, -0.25) is 9.46 Å². The molecule has 2 rings (SSSR count). The van der Waals surface area contributed by atoms with Crippen molar-refractivity contribution in [1.29, 1.82) is 0 Å². The minimum Gasteiger partial charge on any atom is -0.468 e. The van der Waals surface area contributed by atoms with Crippen molar-refractivity contribution >= 4 is 41.9 Å². The molecule has 0 aromatic heterocycles. The summed E-state index contributed by atoms with van der Waals surface area (Å²) in [5, 5.41) is 2.85. The molecule has 1 fully saturated rings. The molecule has 1 aromatic rings. The summed E-state index contributed by atoms with van der Waals surface area (Å²) in [6, 6.07) is 6.39. The van der Waals surface area contributed by atoms with Gasteiger partial charge in [-0.15, -0.1) is 0 Å². The number of hydrogen-bond donors (Lipinski definition) is 1. The van der Waals surface area contributed by atoms with Gasteiger partial charge in [-0.2, -0.15) is 0 Å². The van der Waals surface area contributed by atoms with Gasteiger partial charge in [0.2, 0.25) is 0 Å². The molecule has 1 aliphatic rings. The number of hydrogen-bond acceptors (Lipinski definition) is 6. The van der Waals surface area contributed by atoms with Crippen molar-refractivity contribution in [3.05, 3.63) is 29.8 Å². The number of aryl methyl sites for hydroxylation is 1. The van der Waals surface area contributed by atoms with Crippen LogP contribution in [0.2, 0.25) is 0 Å². The number of rotatable bonds is 7. The molecule has 1 aromatic carbocycles. The number of carbonyl (C=O) groups is 1. The maximum absolute atomic E-state index is 13.9. The zero-order valence-electron chi connectivity index (χ0n) is 15.6. The third-order valence-corrected chi connectivity index (χ3v) is 8.10. The van der Waals surface area contributed by atoms with Gasteiger partial charge in [-0.1, -0.05) is 55.5 Å². The Kier molecular flexibility index (Phi) is 7.13. The second-order valence-corrected chi connectivity index (χ2v) is 10.1. The van der Waals surface area contributed by atoms with Crippen molar-refractivity contribution in [3.8, 4) is 5.75 Å². The van der Waals surface area contributed by atoms with E-state index in [1.807, 2.05) is 32.9 Å². The Bertz CT molecular complexity index is 711. The molecule has 26 heavy (non-hydrogen) atoms. The second-order valence-electron chi connectivity index (χ2n) is 6.53. The number of ether oxygens (including phenoxy) is 1. The van der Waals surface area contributed by atoms with E-state index in [-0.39, 0.29) is 12.0 Å². The molecular formula is C17H25N2O4PS2. The highest BCUT2D eigenvalue weighted by Crippen LogP contribution is 2.54. The van der Waals surface area contributed by atoms with Crippen LogP contribution in [-0.4, -0.2) is 39.9 Å². The first-order valence-corrected chi connectivity index (χ1v) is 11.3. The largest absolute Gasteiger partial charge is 0.468 e. The summed E-state index contributed by atoms with van der Waals surface area (Å²) in [4.78, 5) is 11.9. The Balaban J connectivity index is 2.39. The van der Waals surface area contributed by atoms with Crippen LogP contribution in [0, 0.1) is 12.8 Å². The van der Waals surface area contributed by atoms with Crippen molar-refractivity contribution in [2.45, 2.75) is 39.8 Å².